The Morgan fingerprint density at radius 3 is 2.44 bits per heavy atom. The molecule has 1 amide bonds. The van der Waals surface area contributed by atoms with Gasteiger partial charge in [0.1, 0.15) is 11.6 Å². The summed E-state index contributed by atoms with van der Waals surface area (Å²) in [4.78, 5) is 36.2. The standard InChI is InChI=1S/C18H16N4O3/c1-11(17(24)19-14-9-7-13(8-10-14)12(2)23)22-18(25)15-5-3-4-6-16(15)20-21-22/h3-11H,1-2H3,(H,19,24)/t11-/m0/s1. The third-order valence-corrected chi connectivity index (χ3v) is 3.90. The molecule has 0 aliphatic rings. The van der Waals surface area contributed by atoms with Crippen LogP contribution in [0, 0.1) is 0 Å². The highest BCUT2D eigenvalue weighted by atomic mass is 16.2. The van der Waals surface area contributed by atoms with Crippen LogP contribution in [0.3, 0.4) is 0 Å². The molecule has 2 aromatic carbocycles. The summed E-state index contributed by atoms with van der Waals surface area (Å²) in [7, 11) is 0. The van der Waals surface area contributed by atoms with E-state index in [0.717, 1.165) is 4.68 Å². The molecule has 7 nitrogen and oxygen atoms in total. The number of hydrogen-bond donors (Lipinski definition) is 1. The fourth-order valence-electron chi connectivity index (χ4n) is 2.40. The molecule has 0 fully saturated rings. The Bertz CT molecular complexity index is 1010. The van der Waals surface area contributed by atoms with Gasteiger partial charge in [0.05, 0.1) is 5.39 Å². The molecule has 1 atom stereocenters. The summed E-state index contributed by atoms with van der Waals surface area (Å²) in [5.74, 6) is -0.452. The Hall–Kier alpha value is -3.35. The Kier molecular flexibility index (Phi) is 4.38. The molecule has 3 rings (SSSR count). The van der Waals surface area contributed by atoms with Crippen molar-refractivity contribution in [2.75, 3.05) is 5.32 Å². The predicted octanol–water partition coefficient (Wildman–Crippen LogP) is 2.19. The minimum absolute atomic E-state index is 0.0516. The van der Waals surface area contributed by atoms with E-state index in [0.29, 0.717) is 22.2 Å². The third-order valence-electron chi connectivity index (χ3n) is 3.90. The molecule has 0 saturated heterocycles. The van der Waals surface area contributed by atoms with Crippen LogP contribution in [-0.4, -0.2) is 26.7 Å². The Labute approximate surface area is 143 Å². The fourth-order valence-corrected chi connectivity index (χ4v) is 2.40. The van der Waals surface area contributed by atoms with Gasteiger partial charge in [-0.3, -0.25) is 14.4 Å². The van der Waals surface area contributed by atoms with Gasteiger partial charge in [0.2, 0.25) is 5.91 Å². The van der Waals surface area contributed by atoms with Gasteiger partial charge < -0.3 is 5.32 Å². The summed E-state index contributed by atoms with van der Waals surface area (Å²) in [6.45, 7) is 3.05. The molecule has 25 heavy (non-hydrogen) atoms. The van der Waals surface area contributed by atoms with E-state index in [1.165, 1.54) is 6.92 Å². The Balaban J connectivity index is 1.84. The number of aromatic nitrogens is 3. The molecule has 1 heterocycles. The van der Waals surface area contributed by atoms with Gasteiger partial charge in [-0.15, -0.1) is 5.10 Å². The smallest absolute Gasteiger partial charge is 0.278 e. The van der Waals surface area contributed by atoms with Gasteiger partial charge in [-0.2, -0.15) is 4.68 Å². The number of carbonyl (C=O) groups excluding carboxylic acids is 2. The molecule has 0 radical (unpaired) electrons. The molecule has 0 unspecified atom stereocenters. The number of rotatable bonds is 4. The zero-order chi connectivity index (χ0) is 18.0. The maximum Gasteiger partial charge on any atom is 0.278 e. The fraction of sp³-hybridized carbons (Fsp3) is 0.167. The van der Waals surface area contributed by atoms with Crippen molar-refractivity contribution in [1.82, 2.24) is 15.0 Å². The van der Waals surface area contributed by atoms with Crippen LogP contribution in [0.2, 0.25) is 0 Å². The van der Waals surface area contributed by atoms with Crippen LogP contribution >= 0.6 is 0 Å². The molecular weight excluding hydrogens is 320 g/mol. The van der Waals surface area contributed by atoms with Crippen molar-refractivity contribution in [3.8, 4) is 0 Å². The van der Waals surface area contributed by atoms with Gasteiger partial charge in [-0.05, 0) is 50.2 Å². The lowest BCUT2D eigenvalue weighted by molar-refractivity contribution is -0.119. The molecule has 0 spiro atoms. The monoisotopic (exact) mass is 336 g/mol. The molecule has 1 N–H and O–H groups in total. The van der Waals surface area contributed by atoms with Crippen molar-refractivity contribution < 1.29 is 9.59 Å². The number of anilines is 1. The zero-order valence-corrected chi connectivity index (χ0v) is 13.8. The first kappa shape index (κ1) is 16.5. The SMILES string of the molecule is CC(=O)c1ccc(NC(=O)[C@H](C)n2nnc3ccccc3c2=O)cc1. The Morgan fingerprint density at radius 1 is 1.08 bits per heavy atom. The number of Topliss-reactive ketones (excluding diaryl/α,β-unsaturated/α-hetero) is 1. The van der Waals surface area contributed by atoms with Crippen molar-refractivity contribution in [2.45, 2.75) is 19.9 Å². The Morgan fingerprint density at radius 2 is 1.76 bits per heavy atom. The van der Waals surface area contributed by atoms with Crippen LogP contribution in [-0.2, 0) is 4.79 Å². The topological polar surface area (TPSA) is 93.9 Å². The van der Waals surface area contributed by atoms with Crippen LogP contribution < -0.4 is 10.9 Å². The highest BCUT2D eigenvalue weighted by Gasteiger charge is 2.19. The maximum atomic E-state index is 12.5. The largest absolute Gasteiger partial charge is 0.324 e. The minimum atomic E-state index is -0.836. The van der Waals surface area contributed by atoms with Crippen LogP contribution in [0.15, 0.2) is 53.3 Å². The van der Waals surface area contributed by atoms with Gasteiger partial charge in [0, 0.05) is 11.3 Å². The number of fused-ring (bicyclic) bond motifs is 1. The van der Waals surface area contributed by atoms with Crippen molar-refractivity contribution in [2.24, 2.45) is 0 Å². The van der Waals surface area contributed by atoms with Gasteiger partial charge in [-0.25, -0.2) is 0 Å². The van der Waals surface area contributed by atoms with E-state index in [1.54, 1.807) is 55.5 Å². The van der Waals surface area contributed by atoms with E-state index in [4.69, 9.17) is 0 Å². The lowest BCUT2D eigenvalue weighted by Crippen LogP contribution is -2.34. The van der Waals surface area contributed by atoms with Crippen LogP contribution in [0.5, 0.6) is 0 Å². The number of hydrogen-bond acceptors (Lipinski definition) is 5. The van der Waals surface area contributed by atoms with Crippen molar-refractivity contribution in [3.63, 3.8) is 0 Å². The molecular formula is C18H16N4O3. The van der Waals surface area contributed by atoms with E-state index >= 15 is 0 Å². The van der Waals surface area contributed by atoms with Gasteiger partial charge >= 0.3 is 0 Å². The van der Waals surface area contributed by atoms with Gasteiger partial charge in [0.15, 0.2) is 5.78 Å². The molecule has 0 bridgehead atoms. The minimum Gasteiger partial charge on any atom is -0.324 e. The normalized spacial score (nSPS) is 11.9. The van der Waals surface area contributed by atoms with Crippen LogP contribution in [0.25, 0.3) is 10.9 Å². The van der Waals surface area contributed by atoms with Crippen molar-refractivity contribution >= 4 is 28.3 Å². The number of nitrogens with zero attached hydrogens (tertiary/aromatic N) is 3. The summed E-state index contributed by atoms with van der Waals surface area (Å²) in [5.41, 5.74) is 1.20. The number of benzene rings is 2. The third kappa shape index (κ3) is 3.30. The van der Waals surface area contributed by atoms with E-state index in [9.17, 15) is 14.4 Å². The number of nitrogens with one attached hydrogen (secondary N) is 1. The first-order chi connectivity index (χ1) is 12.0. The predicted molar refractivity (Wildman–Crippen MR) is 93.6 cm³/mol. The summed E-state index contributed by atoms with van der Waals surface area (Å²) in [6, 6.07) is 12.5. The molecule has 0 aliphatic heterocycles. The quantitative estimate of drug-likeness (QED) is 0.737. The van der Waals surface area contributed by atoms with E-state index in [2.05, 4.69) is 15.6 Å². The van der Waals surface area contributed by atoms with Crippen LogP contribution in [0.1, 0.15) is 30.2 Å². The maximum absolute atomic E-state index is 12.5. The lowest BCUT2D eigenvalue weighted by Gasteiger charge is -2.14. The lowest BCUT2D eigenvalue weighted by atomic mass is 10.1. The van der Waals surface area contributed by atoms with Crippen molar-refractivity contribution in [3.05, 3.63) is 64.4 Å². The molecule has 0 aliphatic carbocycles. The van der Waals surface area contributed by atoms with E-state index < -0.39 is 11.9 Å². The first-order valence-electron chi connectivity index (χ1n) is 7.73. The highest BCUT2D eigenvalue weighted by molar-refractivity contribution is 5.96. The highest BCUT2D eigenvalue weighted by Crippen LogP contribution is 2.13. The molecule has 126 valence electrons. The number of carbonyl (C=O) groups is 2. The molecule has 0 saturated carbocycles. The number of ketones is 1. The summed E-state index contributed by atoms with van der Waals surface area (Å²) < 4.78 is 1.06. The van der Waals surface area contributed by atoms with Crippen LogP contribution in [0.4, 0.5) is 5.69 Å². The van der Waals surface area contributed by atoms with E-state index in [-0.39, 0.29) is 11.3 Å². The second-order valence-electron chi connectivity index (χ2n) is 5.66. The first-order valence-corrected chi connectivity index (χ1v) is 7.73. The molecule has 7 heteroatoms. The summed E-state index contributed by atoms with van der Waals surface area (Å²) in [6.07, 6.45) is 0. The molecule has 1 aromatic heterocycles. The summed E-state index contributed by atoms with van der Waals surface area (Å²) in [5, 5.41) is 10.9. The number of amides is 1. The second-order valence-corrected chi connectivity index (χ2v) is 5.66. The summed E-state index contributed by atoms with van der Waals surface area (Å²) >= 11 is 0. The van der Waals surface area contributed by atoms with Gasteiger partial charge in [0.25, 0.3) is 5.56 Å². The average Bonchev–Trinajstić information content (AvgIpc) is 2.62. The second kappa shape index (κ2) is 6.64. The van der Waals surface area contributed by atoms with Gasteiger partial charge in [-0.1, -0.05) is 17.3 Å². The van der Waals surface area contributed by atoms with Crippen molar-refractivity contribution in [1.29, 1.82) is 0 Å². The molecule has 3 aromatic rings. The van der Waals surface area contributed by atoms with E-state index in [1.807, 2.05) is 0 Å². The average molecular weight is 336 g/mol. The zero-order valence-electron chi connectivity index (χ0n) is 13.8.